The van der Waals surface area contributed by atoms with Crippen molar-refractivity contribution >= 4 is 38.9 Å². The van der Waals surface area contributed by atoms with Crippen molar-refractivity contribution in [1.29, 1.82) is 0 Å². The van der Waals surface area contributed by atoms with Crippen LogP contribution in [0.2, 0.25) is 5.02 Å². The van der Waals surface area contributed by atoms with E-state index in [1.165, 1.54) is 30.3 Å². The van der Waals surface area contributed by atoms with Crippen LogP contribution < -0.4 is 9.62 Å². The number of amides is 1. The van der Waals surface area contributed by atoms with E-state index in [4.69, 9.17) is 11.6 Å². The van der Waals surface area contributed by atoms with Gasteiger partial charge in [-0.3, -0.25) is 9.10 Å². The maximum Gasteiger partial charge on any atom is 0.232 e. The van der Waals surface area contributed by atoms with Gasteiger partial charge in [-0.1, -0.05) is 11.6 Å². The minimum absolute atomic E-state index is 0.0845. The molecule has 0 aliphatic rings. The van der Waals surface area contributed by atoms with Crippen molar-refractivity contribution in [2.75, 3.05) is 22.4 Å². The zero-order valence-electron chi connectivity index (χ0n) is 13.2. The van der Waals surface area contributed by atoms with Gasteiger partial charge in [0.1, 0.15) is 0 Å². The van der Waals surface area contributed by atoms with Crippen LogP contribution in [0, 0.1) is 11.6 Å². The molecule has 1 amide bonds. The molecule has 0 unspecified atom stereocenters. The third-order valence-electron chi connectivity index (χ3n) is 3.26. The lowest BCUT2D eigenvalue weighted by Gasteiger charge is -2.22. The highest BCUT2D eigenvalue weighted by Gasteiger charge is 2.18. The number of carbonyl (C=O) groups is 1. The summed E-state index contributed by atoms with van der Waals surface area (Å²) in [6.45, 7) is -0.115. The third kappa shape index (κ3) is 5.40. The third-order valence-corrected chi connectivity index (χ3v) is 4.71. The van der Waals surface area contributed by atoms with E-state index in [0.717, 1.165) is 22.7 Å². The molecule has 0 aliphatic carbocycles. The number of carbonyl (C=O) groups excluding carboxylic acids is 1. The Morgan fingerprint density at radius 1 is 1.12 bits per heavy atom. The van der Waals surface area contributed by atoms with Gasteiger partial charge in [-0.2, -0.15) is 0 Å². The zero-order valence-corrected chi connectivity index (χ0v) is 14.7. The van der Waals surface area contributed by atoms with E-state index in [0.29, 0.717) is 10.7 Å². The number of rotatable bonds is 6. The Morgan fingerprint density at radius 3 is 2.32 bits per heavy atom. The lowest BCUT2D eigenvalue weighted by molar-refractivity contribution is -0.116. The Hall–Kier alpha value is -2.19. The summed E-state index contributed by atoms with van der Waals surface area (Å²) in [4.78, 5) is 12.0. The van der Waals surface area contributed by atoms with Gasteiger partial charge in [0.05, 0.1) is 11.9 Å². The molecule has 0 radical (unpaired) electrons. The molecular formula is C16H15ClF2N2O3S. The van der Waals surface area contributed by atoms with E-state index in [1.807, 2.05) is 0 Å². The number of nitrogens with one attached hydrogen (secondary N) is 1. The van der Waals surface area contributed by atoms with Gasteiger partial charge in [0.25, 0.3) is 0 Å². The van der Waals surface area contributed by atoms with Crippen molar-refractivity contribution < 1.29 is 22.0 Å². The smallest absolute Gasteiger partial charge is 0.232 e. The Labute approximate surface area is 149 Å². The van der Waals surface area contributed by atoms with E-state index in [-0.39, 0.29) is 18.7 Å². The second kappa shape index (κ2) is 7.79. The fraction of sp³-hybridized carbons (Fsp3) is 0.188. The minimum atomic E-state index is -3.61. The quantitative estimate of drug-likeness (QED) is 0.824. The molecule has 0 saturated carbocycles. The van der Waals surface area contributed by atoms with Gasteiger partial charge in [-0.15, -0.1) is 0 Å². The van der Waals surface area contributed by atoms with Crippen molar-refractivity contribution in [1.82, 2.24) is 0 Å². The molecule has 2 rings (SSSR count). The molecule has 2 aromatic carbocycles. The van der Waals surface area contributed by atoms with Crippen LogP contribution in [0.1, 0.15) is 6.42 Å². The number of nitrogens with zero attached hydrogens (tertiary/aromatic N) is 1. The number of sulfonamides is 1. The van der Waals surface area contributed by atoms with E-state index >= 15 is 0 Å². The summed E-state index contributed by atoms with van der Waals surface area (Å²) in [6.07, 6.45) is 0.851. The molecule has 0 atom stereocenters. The number of halogens is 3. The molecule has 0 aromatic heterocycles. The molecule has 0 bridgehead atoms. The molecule has 2 aromatic rings. The molecule has 0 fully saturated rings. The molecule has 5 nitrogen and oxygen atoms in total. The number of hydrogen-bond acceptors (Lipinski definition) is 3. The van der Waals surface area contributed by atoms with Gasteiger partial charge in [0.15, 0.2) is 11.6 Å². The van der Waals surface area contributed by atoms with E-state index in [1.54, 1.807) is 0 Å². The summed E-state index contributed by atoms with van der Waals surface area (Å²) in [5, 5.41) is 2.84. The maximum atomic E-state index is 13.1. The summed E-state index contributed by atoms with van der Waals surface area (Å²) in [6, 6.07) is 9.08. The van der Waals surface area contributed by atoms with Crippen LogP contribution in [0.25, 0.3) is 0 Å². The summed E-state index contributed by atoms with van der Waals surface area (Å²) in [7, 11) is -3.61. The predicted molar refractivity (Wildman–Crippen MR) is 93.2 cm³/mol. The van der Waals surface area contributed by atoms with Crippen LogP contribution in [0.4, 0.5) is 20.2 Å². The molecule has 0 saturated heterocycles. The van der Waals surface area contributed by atoms with Crippen LogP contribution in [-0.4, -0.2) is 27.1 Å². The molecular weight excluding hydrogens is 374 g/mol. The lowest BCUT2D eigenvalue weighted by Crippen LogP contribution is -2.33. The van der Waals surface area contributed by atoms with Crippen LogP contribution >= 0.6 is 11.6 Å². The summed E-state index contributed by atoms with van der Waals surface area (Å²) in [5.41, 5.74) is 0.453. The van der Waals surface area contributed by atoms with Gasteiger partial charge >= 0.3 is 0 Å². The van der Waals surface area contributed by atoms with E-state index < -0.39 is 27.6 Å². The zero-order chi connectivity index (χ0) is 18.6. The van der Waals surface area contributed by atoms with Gasteiger partial charge in [0.2, 0.25) is 15.9 Å². The van der Waals surface area contributed by atoms with E-state index in [9.17, 15) is 22.0 Å². The van der Waals surface area contributed by atoms with E-state index in [2.05, 4.69) is 5.32 Å². The van der Waals surface area contributed by atoms with Crippen LogP contribution in [0.5, 0.6) is 0 Å². The highest BCUT2D eigenvalue weighted by Crippen LogP contribution is 2.21. The molecule has 134 valence electrons. The van der Waals surface area contributed by atoms with Crippen molar-refractivity contribution in [2.45, 2.75) is 6.42 Å². The van der Waals surface area contributed by atoms with Crippen LogP contribution in [0.3, 0.4) is 0 Å². The molecule has 0 heterocycles. The number of anilines is 2. The Balaban J connectivity index is 2.06. The van der Waals surface area contributed by atoms with Gasteiger partial charge in [-0.25, -0.2) is 17.2 Å². The minimum Gasteiger partial charge on any atom is -0.326 e. The van der Waals surface area contributed by atoms with Crippen molar-refractivity contribution in [3.05, 3.63) is 59.1 Å². The Kier molecular flexibility index (Phi) is 5.97. The number of benzene rings is 2. The molecule has 1 N–H and O–H groups in total. The van der Waals surface area contributed by atoms with Crippen molar-refractivity contribution in [3.63, 3.8) is 0 Å². The summed E-state index contributed by atoms with van der Waals surface area (Å²) in [5.74, 6) is -2.64. The van der Waals surface area contributed by atoms with Crippen LogP contribution in [0.15, 0.2) is 42.5 Å². The first-order valence-corrected chi connectivity index (χ1v) is 9.37. The Bertz CT molecular complexity index is 873. The summed E-state index contributed by atoms with van der Waals surface area (Å²) >= 11 is 5.78. The fourth-order valence-corrected chi connectivity index (χ4v) is 3.15. The second-order valence-corrected chi connectivity index (χ2v) is 7.58. The average molecular weight is 389 g/mol. The highest BCUT2D eigenvalue weighted by molar-refractivity contribution is 7.92. The normalized spacial score (nSPS) is 11.2. The first-order valence-electron chi connectivity index (χ1n) is 7.15. The predicted octanol–water partition coefficient (Wildman–Crippen LogP) is 3.41. The molecule has 0 spiro atoms. The standard InChI is InChI=1S/C16H15ClF2N2O3S/c1-25(23,24)21(13-5-2-11(17)3-6-13)9-8-16(22)20-12-4-7-14(18)15(19)10-12/h2-7,10H,8-9H2,1H3,(H,20,22). The van der Waals surface area contributed by atoms with Gasteiger partial charge in [0, 0.05) is 29.7 Å². The highest BCUT2D eigenvalue weighted by atomic mass is 35.5. The average Bonchev–Trinajstić information content (AvgIpc) is 2.51. The first kappa shape index (κ1) is 19.1. The molecule has 0 aliphatic heterocycles. The topological polar surface area (TPSA) is 66.5 Å². The fourth-order valence-electron chi connectivity index (χ4n) is 2.09. The number of hydrogen-bond donors (Lipinski definition) is 1. The second-order valence-electron chi connectivity index (χ2n) is 5.24. The van der Waals surface area contributed by atoms with Crippen LogP contribution in [-0.2, 0) is 14.8 Å². The lowest BCUT2D eigenvalue weighted by atomic mass is 10.2. The SMILES string of the molecule is CS(=O)(=O)N(CCC(=O)Nc1ccc(F)c(F)c1)c1ccc(Cl)cc1. The molecule has 25 heavy (non-hydrogen) atoms. The summed E-state index contributed by atoms with van der Waals surface area (Å²) < 4.78 is 50.9. The Morgan fingerprint density at radius 2 is 1.76 bits per heavy atom. The molecule has 9 heteroatoms. The largest absolute Gasteiger partial charge is 0.326 e. The van der Waals surface area contributed by atoms with Crippen molar-refractivity contribution in [2.24, 2.45) is 0 Å². The first-order chi connectivity index (χ1) is 11.7. The van der Waals surface area contributed by atoms with Gasteiger partial charge < -0.3 is 5.32 Å². The van der Waals surface area contributed by atoms with Crippen molar-refractivity contribution in [3.8, 4) is 0 Å². The van der Waals surface area contributed by atoms with Gasteiger partial charge in [-0.05, 0) is 36.4 Å². The maximum absolute atomic E-state index is 13.1. The monoisotopic (exact) mass is 388 g/mol.